The van der Waals surface area contributed by atoms with Crippen LogP contribution in [0.25, 0.3) is 0 Å². The van der Waals surface area contributed by atoms with E-state index in [0.717, 1.165) is 34.6 Å². The Balaban J connectivity index is 1.63. The van der Waals surface area contributed by atoms with Crippen LogP contribution in [0, 0.1) is 10.1 Å². The number of ether oxygens (including phenoxy) is 1. The van der Waals surface area contributed by atoms with Crippen molar-refractivity contribution >= 4 is 11.4 Å². The maximum atomic E-state index is 11.1. The zero-order valence-electron chi connectivity index (χ0n) is 15.9. The molecule has 2 heterocycles. The van der Waals surface area contributed by atoms with Crippen LogP contribution in [0.2, 0.25) is 0 Å². The molecule has 2 atom stereocenters. The highest BCUT2D eigenvalue weighted by Gasteiger charge is 2.48. The van der Waals surface area contributed by atoms with Gasteiger partial charge in [0.1, 0.15) is 5.75 Å². The van der Waals surface area contributed by atoms with Gasteiger partial charge in [-0.05, 0) is 23.8 Å². The van der Waals surface area contributed by atoms with Crippen molar-refractivity contribution in [2.45, 2.75) is 25.1 Å². The third-order valence-corrected chi connectivity index (χ3v) is 5.66. The molecule has 2 unspecified atom stereocenters. The molecule has 0 radical (unpaired) electrons. The topological polar surface area (TPSA) is 68.0 Å². The summed E-state index contributed by atoms with van der Waals surface area (Å²) in [5, 5.41) is 18.0. The van der Waals surface area contributed by atoms with Crippen LogP contribution in [0.4, 0.5) is 5.69 Å². The van der Waals surface area contributed by atoms with Gasteiger partial charge in [-0.15, -0.1) is 0 Å². The number of hydrazone groups is 1. The molecular weight excluding hydrogens is 366 g/mol. The molecule has 0 fully saturated rings. The summed E-state index contributed by atoms with van der Waals surface area (Å²) in [5.74, 6) is 0.819. The van der Waals surface area contributed by atoms with Crippen LogP contribution in [-0.2, 0) is 5.72 Å². The molecule has 144 valence electrons. The van der Waals surface area contributed by atoms with Gasteiger partial charge < -0.3 is 4.74 Å². The highest BCUT2D eigenvalue weighted by molar-refractivity contribution is 6.01. The predicted octanol–water partition coefficient (Wildman–Crippen LogP) is 5.01. The molecule has 6 nitrogen and oxygen atoms in total. The van der Waals surface area contributed by atoms with Crippen molar-refractivity contribution in [1.82, 2.24) is 5.01 Å². The maximum Gasteiger partial charge on any atom is 0.269 e. The second-order valence-corrected chi connectivity index (χ2v) is 7.40. The lowest BCUT2D eigenvalue weighted by Crippen LogP contribution is -2.48. The van der Waals surface area contributed by atoms with Gasteiger partial charge in [0.05, 0.1) is 16.7 Å². The van der Waals surface area contributed by atoms with E-state index in [4.69, 9.17) is 9.84 Å². The molecule has 0 saturated heterocycles. The van der Waals surface area contributed by atoms with Crippen LogP contribution in [0.5, 0.6) is 5.75 Å². The van der Waals surface area contributed by atoms with Gasteiger partial charge in [-0.3, -0.25) is 10.1 Å². The van der Waals surface area contributed by atoms with Crippen LogP contribution >= 0.6 is 0 Å². The Kier molecular flexibility index (Phi) is 3.87. The predicted molar refractivity (Wildman–Crippen MR) is 110 cm³/mol. The minimum Gasteiger partial charge on any atom is -0.462 e. The molecule has 0 aliphatic carbocycles. The summed E-state index contributed by atoms with van der Waals surface area (Å²) in [6, 6.07) is 24.7. The van der Waals surface area contributed by atoms with Crippen molar-refractivity contribution in [1.29, 1.82) is 0 Å². The van der Waals surface area contributed by atoms with Gasteiger partial charge in [-0.2, -0.15) is 5.10 Å². The number of hydrogen-bond acceptors (Lipinski definition) is 5. The van der Waals surface area contributed by atoms with Gasteiger partial charge >= 0.3 is 0 Å². The van der Waals surface area contributed by atoms with Gasteiger partial charge in [-0.25, -0.2) is 5.01 Å². The standard InChI is InChI=1S/C23H19N3O3/c1-23(17-11-13-18(14-12-17)26(27)28)25-21(19-9-5-6-10-22(19)29-23)15-20(24-25)16-7-3-2-4-8-16/h2-14,21H,15H2,1H3. The largest absolute Gasteiger partial charge is 0.462 e. The van der Waals surface area contributed by atoms with E-state index in [-0.39, 0.29) is 11.7 Å². The number of fused-ring (bicyclic) bond motifs is 3. The molecule has 5 rings (SSSR count). The lowest BCUT2D eigenvalue weighted by Gasteiger charge is -2.45. The first-order chi connectivity index (χ1) is 14.1. The number of nitrogens with zero attached hydrogens (tertiary/aromatic N) is 3. The van der Waals surface area contributed by atoms with Gasteiger partial charge in [0.2, 0.25) is 5.72 Å². The van der Waals surface area contributed by atoms with Crippen LogP contribution in [0.3, 0.4) is 0 Å². The fourth-order valence-electron chi connectivity index (χ4n) is 4.14. The molecule has 0 bridgehead atoms. The molecule has 29 heavy (non-hydrogen) atoms. The molecule has 0 aromatic heterocycles. The summed E-state index contributed by atoms with van der Waals surface area (Å²) in [5.41, 5.74) is 3.20. The number of nitro groups is 1. The smallest absolute Gasteiger partial charge is 0.269 e. The van der Waals surface area contributed by atoms with Crippen LogP contribution in [-0.4, -0.2) is 15.6 Å². The summed E-state index contributed by atoms with van der Waals surface area (Å²) >= 11 is 0. The molecule has 0 N–H and O–H groups in total. The highest BCUT2D eigenvalue weighted by atomic mass is 16.6. The van der Waals surface area contributed by atoms with E-state index in [0.29, 0.717) is 0 Å². The monoisotopic (exact) mass is 385 g/mol. The summed E-state index contributed by atoms with van der Waals surface area (Å²) < 4.78 is 6.45. The first-order valence-corrected chi connectivity index (χ1v) is 9.51. The van der Waals surface area contributed by atoms with Crippen LogP contribution in [0.15, 0.2) is 84.0 Å². The molecule has 2 aliphatic heterocycles. The third kappa shape index (κ3) is 2.76. The van der Waals surface area contributed by atoms with E-state index in [9.17, 15) is 10.1 Å². The summed E-state index contributed by atoms with van der Waals surface area (Å²) in [4.78, 5) is 10.7. The first kappa shape index (κ1) is 17.4. The minimum absolute atomic E-state index is 0.0374. The van der Waals surface area contributed by atoms with E-state index >= 15 is 0 Å². The van der Waals surface area contributed by atoms with E-state index in [1.165, 1.54) is 12.1 Å². The van der Waals surface area contributed by atoms with E-state index in [1.807, 2.05) is 48.3 Å². The Bertz CT molecular complexity index is 1110. The van der Waals surface area contributed by atoms with Crippen molar-refractivity contribution in [2.24, 2.45) is 5.10 Å². The van der Waals surface area contributed by atoms with Crippen molar-refractivity contribution in [3.8, 4) is 5.75 Å². The van der Waals surface area contributed by atoms with Gasteiger partial charge in [0, 0.05) is 36.6 Å². The van der Waals surface area contributed by atoms with E-state index in [1.54, 1.807) is 12.1 Å². The number of rotatable bonds is 3. The molecule has 3 aromatic rings. The normalized spacial score (nSPS) is 22.3. The number of nitro benzene ring substituents is 1. The number of non-ortho nitro benzene ring substituents is 1. The highest BCUT2D eigenvalue weighted by Crippen LogP contribution is 2.50. The van der Waals surface area contributed by atoms with Crippen molar-refractivity contribution in [3.05, 3.63) is 106 Å². The molecule has 2 aliphatic rings. The average molecular weight is 385 g/mol. The molecule has 3 aromatic carbocycles. The summed E-state index contributed by atoms with van der Waals surface area (Å²) in [6.07, 6.45) is 0.771. The number of benzene rings is 3. The zero-order valence-corrected chi connectivity index (χ0v) is 15.9. The quantitative estimate of drug-likeness (QED) is 0.469. The number of para-hydroxylation sites is 1. The zero-order chi connectivity index (χ0) is 20.0. The SMILES string of the molecule is CC1(c2ccc([N+](=O)[O-])cc2)Oc2ccccc2C2CC(c3ccccc3)=NN21. The van der Waals surface area contributed by atoms with Crippen LogP contribution in [0.1, 0.15) is 36.1 Å². The Morgan fingerprint density at radius 3 is 2.45 bits per heavy atom. The lowest BCUT2D eigenvalue weighted by atomic mass is 9.92. The maximum absolute atomic E-state index is 11.1. The molecule has 0 amide bonds. The van der Waals surface area contributed by atoms with E-state index < -0.39 is 10.6 Å². The number of hydrogen-bond donors (Lipinski definition) is 0. The minimum atomic E-state index is -0.870. The second-order valence-electron chi connectivity index (χ2n) is 7.40. The van der Waals surface area contributed by atoms with Gasteiger partial charge in [0.25, 0.3) is 5.69 Å². The molecular formula is C23H19N3O3. The van der Waals surface area contributed by atoms with Crippen LogP contribution < -0.4 is 4.74 Å². The molecule has 0 spiro atoms. The van der Waals surface area contributed by atoms with Gasteiger partial charge in [0.15, 0.2) is 0 Å². The first-order valence-electron chi connectivity index (χ1n) is 9.51. The van der Waals surface area contributed by atoms with Gasteiger partial charge in [-0.1, -0.05) is 48.5 Å². The Morgan fingerprint density at radius 2 is 1.72 bits per heavy atom. The molecule has 0 saturated carbocycles. The molecule has 6 heteroatoms. The Morgan fingerprint density at radius 1 is 1.03 bits per heavy atom. The Hall–Kier alpha value is -3.67. The Labute approximate surface area is 168 Å². The van der Waals surface area contributed by atoms with Crippen molar-refractivity contribution < 1.29 is 9.66 Å². The average Bonchev–Trinajstić information content (AvgIpc) is 3.21. The fourth-order valence-corrected chi connectivity index (χ4v) is 4.14. The lowest BCUT2D eigenvalue weighted by molar-refractivity contribution is -0.384. The fraction of sp³-hybridized carbons (Fsp3) is 0.174. The third-order valence-electron chi connectivity index (χ3n) is 5.66. The second kappa shape index (κ2) is 6.44. The van der Waals surface area contributed by atoms with Crippen molar-refractivity contribution in [3.63, 3.8) is 0 Å². The summed E-state index contributed by atoms with van der Waals surface area (Å²) in [6.45, 7) is 1.97. The summed E-state index contributed by atoms with van der Waals surface area (Å²) in [7, 11) is 0. The van der Waals surface area contributed by atoms with E-state index in [2.05, 4.69) is 18.2 Å². The van der Waals surface area contributed by atoms with Crippen molar-refractivity contribution in [2.75, 3.05) is 0 Å².